The van der Waals surface area contributed by atoms with Crippen molar-refractivity contribution < 1.29 is 0 Å². The number of piperazine rings is 1. The lowest BCUT2D eigenvalue weighted by Crippen LogP contribution is -2.48. The maximum absolute atomic E-state index is 2.40. The molecule has 2 nitrogen and oxygen atoms in total. The minimum Gasteiger partial charge on any atom is -0.304 e. The fourth-order valence-corrected chi connectivity index (χ4v) is 1.23. The Balaban J connectivity index is 2.35. The van der Waals surface area contributed by atoms with Crippen LogP contribution in [0.3, 0.4) is 0 Å². The van der Waals surface area contributed by atoms with Crippen LogP contribution in [0.25, 0.3) is 0 Å². The normalized spacial score (nSPS) is 33.0. The molecule has 1 rings (SSSR count). The van der Waals surface area contributed by atoms with Gasteiger partial charge in [0.25, 0.3) is 0 Å². The molecule has 0 amide bonds. The van der Waals surface area contributed by atoms with Crippen molar-refractivity contribution in [3.63, 3.8) is 0 Å². The van der Waals surface area contributed by atoms with Crippen molar-refractivity contribution in [2.24, 2.45) is 0 Å². The second kappa shape index (κ2) is 2.67. The summed E-state index contributed by atoms with van der Waals surface area (Å²) in [5.41, 5.74) is 0. The number of hydrogen-bond donors (Lipinski definition) is 0. The van der Waals surface area contributed by atoms with Crippen molar-refractivity contribution in [1.82, 2.24) is 9.80 Å². The van der Waals surface area contributed by atoms with E-state index in [0.29, 0.717) is 0 Å². The Hall–Kier alpha value is -0.0800. The monoisotopic (exact) mass is 128 g/mol. The van der Waals surface area contributed by atoms with Crippen LogP contribution >= 0.6 is 0 Å². The Morgan fingerprint density at radius 1 is 1.22 bits per heavy atom. The first kappa shape index (κ1) is 7.03. The van der Waals surface area contributed by atoms with Crippen LogP contribution in [0, 0.1) is 0 Å². The van der Waals surface area contributed by atoms with Gasteiger partial charge in [0.2, 0.25) is 0 Å². The first-order valence-corrected chi connectivity index (χ1v) is 3.59. The Kier molecular flexibility index (Phi) is 2.09. The largest absolute Gasteiger partial charge is 0.304 e. The topological polar surface area (TPSA) is 6.48 Å². The van der Waals surface area contributed by atoms with Gasteiger partial charge in [-0.2, -0.15) is 0 Å². The third kappa shape index (κ3) is 1.66. The Morgan fingerprint density at radius 3 is 2.33 bits per heavy atom. The van der Waals surface area contributed by atoms with Gasteiger partial charge in [-0.3, -0.25) is 0 Å². The third-order valence-electron chi connectivity index (χ3n) is 2.16. The second-order valence-electron chi connectivity index (χ2n) is 3.09. The Bertz CT molecular complexity index is 92.9. The summed E-state index contributed by atoms with van der Waals surface area (Å²) in [6, 6.07) is 0.740. The maximum Gasteiger partial charge on any atom is 0.0192 e. The van der Waals surface area contributed by atoms with Crippen LogP contribution in [0.2, 0.25) is 0 Å². The van der Waals surface area contributed by atoms with Crippen LogP contribution in [0.1, 0.15) is 6.92 Å². The minimum atomic E-state index is 0.740. The van der Waals surface area contributed by atoms with E-state index in [1.807, 2.05) is 0 Å². The molecule has 1 unspecified atom stereocenters. The highest BCUT2D eigenvalue weighted by molar-refractivity contribution is 4.73. The lowest BCUT2D eigenvalue weighted by atomic mass is 10.2. The fraction of sp³-hybridized carbons (Fsp3) is 1.00. The molecular formula is C7H16N2. The van der Waals surface area contributed by atoms with Gasteiger partial charge in [-0.15, -0.1) is 0 Å². The molecule has 1 aliphatic rings. The van der Waals surface area contributed by atoms with Gasteiger partial charge in [-0.05, 0) is 21.0 Å². The molecule has 1 saturated heterocycles. The molecular weight excluding hydrogens is 112 g/mol. The first-order valence-electron chi connectivity index (χ1n) is 3.59. The van der Waals surface area contributed by atoms with Crippen LogP contribution in [-0.4, -0.2) is 49.6 Å². The molecule has 0 aliphatic carbocycles. The zero-order valence-corrected chi connectivity index (χ0v) is 6.59. The van der Waals surface area contributed by atoms with E-state index >= 15 is 0 Å². The van der Waals surface area contributed by atoms with Gasteiger partial charge in [-0.25, -0.2) is 0 Å². The van der Waals surface area contributed by atoms with Gasteiger partial charge in [-0.1, -0.05) is 0 Å². The molecule has 54 valence electrons. The molecule has 0 aromatic rings. The fourth-order valence-electron chi connectivity index (χ4n) is 1.23. The van der Waals surface area contributed by atoms with Crippen molar-refractivity contribution in [3.8, 4) is 0 Å². The van der Waals surface area contributed by atoms with E-state index in [4.69, 9.17) is 0 Å². The Labute approximate surface area is 57.4 Å². The van der Waals surface area contributed by atoms with E-state index in [1.165, 1.54) is 19.6 Å². The molecule has 0 aromatic heterocycles. The van der Waals surface area contributed by atoms with E-state index in [0.717, 1.165) is 6.04 Å². The summed E-state index contributed by atoms with van der Waals surface area (Å²) in [7, 11) is 4.38. The molecule has 0 radical (unpaired) electrons. The summed E-state index contributed by atoms with van der Waals surface area (Å²) in [6.07, 6.45) is 0. The van der Waals surface area contributed by atoms with E-state index in [-0.39, 0.29) is 0 Å². The van der Waals surface area contributed by atoms with Gasteiger partial charge >= 0.3 is 0 Å². The molecule has 2 heteroatoms. The van der Waals surface area contributed by atoms with Gasteiger partial charge in [0.1, 0.15) is 0 Å². The molecule has 9 heavy (non-hydrogen) atoms. The van der Waals surface area contributed by atoms with Crippen molar-refractivity contribution in [3.05, 3.63) is 0 Å². The van der Waals surface area contributed by atoms with Gasteiger partial charge < -0.3 is 9.80 Å². The average Bonchev–Trinajstić information content (AvgIpc) is 1.80. The summed E-state index contributed by atoms with van der Waals surface area (Å²) in [6.45, 7) is 5.94. The van der Waals surface area contributed by atoms with Crippen LogP contribution in [-0.2, 0) is 0 Å². The number of hydrogen-bond acceptors (Lipinski definition) is 2. The molecule has 0 bridgehead atoms. The molecule has 1 aliphatic heterocycles. The smallest absolute Gasteiger partial charge is 0.0192 e. The highest BCUT2D eigenvalue weighted by atomic mass is 15.3. The summed E-state index contributed by atoms with van der Waals surface area (Å²) < 4.78 is 0. The van der Waals surface area contributed by atoms with E-state index in [1.54, 1.807) is 0 Å². The van der Waals surface area contributed by atoms with Crippen LogP contribution < -0.4 is 0 Å². The summed E-state index contributed by atoms with van der Waals surface area (Å²) in [5.74, 6) is 0. The average molecular weight is 128 g/mol. The highest BCUT2D eigenvalue weighted by Gasteiger charge is 2.16. The highest BCUT2D eigenvalue weighted by Crippen LogP contribution is 2.03. The van der Waals surface area contributed by atoms with Crippen LogP contribution in [0.15, 0.2) is 0 Å². The molecule has 0 saturated carbocycles. The standard InChI is InChI=1S/C7H16N2/c1-7-6-8(2)4-5-9(7)3/h7H,4-6H2,1-3H3. The molecule has 1 atom stereocenters. The predicted octanol–water partition coefficient (Wildman–Crippen LogP) is 0.252. The van der Waals surface area contributed by atoms with Crippen molar-refractivity contribution in [1.29, 1.82) is 0 Å². The lowest BCUT2D eigenvalue weighted by molar-refractivity contribution is 0.125. The van der Waals surface area contributed by atoms with Crippen LogP contribution in [0.4, 0.5) is 0 Å². The second-order valence-corrected chi connectivity index (χ2v) is 3.09. The summed E-state index contributed by atoms with van der Waals surface area (Å²) in [5, 5.41) is 0. The van der Waals surface area contributed by atoms with Crippen molar-refractivity contribution >= 4 is 0 Å². The molecule has 0 aromatic carbocycles. The van der Waals surface area contributed by atoms with Gasteiger partial charge in [0.15, 0.2) is 0 Å². The first-order chi connectivity index (χ1) is 4.20. The van der Waals surface area contributed by atoms with E-state index < -0.39 is 0 Å². The lowest BCUT2D eigenvalue weighted by Gasteiger charge is -2.35. The number of nitrogens with zero attached hydrogens (tertiary/aromatic N) is 2. The van der Waals surface area contributed by atoms with E-state index in [2.05, 4.69) is 30.8 Å². The third-order valence-corrected chi connectivity index (χ3v) is 2.16. The van der Waals surface area contributed by atoms with Crippen LogP contribution in [0.5, 0.6) is 0 Å². The molecule has 0 spiro atoms. The summed E-state index contributed by atoms with van der Waals surface area (Å²) in [4.78, 5) is 4.78. The minimum absolute atomic E-state index is 0.740. The van der Waals surface area contributed by atoms with Crippen molar-refractivity contribution in [2.45, 2.75) is 13.0 Å². The zero-order chi connectivity index (χ0) is 6.85. The molecule has 1 fully saturated rings. The SMILES string of the molecule is CC1CN(C)CCN1C. The number of rotatable bonds is 0. The van der Waals surface area contributed by atoms with E-state index in [9.17, 15) is 0 Å². The zero-order valence-electron chi connectivity index (χ0n) is 6.59. The maximum atomic E-state index is 2.40. The molecule has 1 heterocycles. The number of likely N-dealkylation sites (N-methyl/N-ethyl adjacent to an activating group) is 2. The molecule has 0 N–H and O–H groups in total. The quantitative estimate of drug-likeness (QED) is 0.461. The summed E-state index contributed by atoms with van der Waals surface area (Å²) >= 11 is 0. The van der Waals surface area contributed by atoms with Gasteiger partial charge in [0.05, 0.1) is 0 Å². The van der Waals surface area contributed by atoms with Gasteiger partial charge in [0, 0.05) is 25.7 Å². The van der Waals surface area contributed by atoms with Crippen molar-refractivity contribution in [2.75, 3.05) is 33.7 Å². The predicted molar refractivity (Wildman–Crippen MR) is 39.6 cm³/mol. The Morgan fingerprint density at radius 2 is 1.89 bits per heavy atom.